The molecule has 8 aliphatic carbocycles. The predicted octanol–water partition coefficient (Wildman–Crippen LogP) is 9.63. The Kier molecular flexibility index (Phi) is 20.5. The number of nitrogens with one attached hydrogen (secondary N) is 3. The molecule has 8 aliphatic heterocycles. The standard InChI is InChI=1S/C29H24F3N3O4.C24H24N2O5.2C22H18F3N3O4/c30-20-9-22(32)21(31)6-15(20)10-33-28(37)19-11-34-12-24-18-8-23(17-7-16(17)18)35(24)29(38)25(34)27(26(19)36)39-13-14-4-2-1-3-5-14;1-2-30-24(29)17-10-25-11-19-16-9-18(15-8-14(15)16)26(19)23(28)20(25)22(21(17)27)31-12-13-6-4-3-5-7-13;2*23-13-4-15(25)14(24)1-8(13)5-26-21(31)12-6-27-7-17-11-3-16(10-2-9(10)11)28(17)22(32)18(27)20(30)19(12)29/h1-6,9,11,16-18,23-24H,7-8,10,12-13H2,(H,33,37);3-7,10,14-16,18-19H,2,8-9,11-12H2,1H3;2*1,4,6,9-11,16-17,30H,2-3,5,7H2,(H,26,31)/t16-,17+,18?,23?,24+;14-,15+,16?,18?,19+;2*9-,10+,11?,16?,17+/m1111/s1. The van der Waals surface area contributed by atoms with Gasteiger partial charge in [0.05, 0.1) is 30.8 Å². The lowest BCUT2D eigenvalue weighted by Gasteiger charge is -2.40. The summed E-state index contributed by atoms with van der Waals surface area (Å²) >= 11 is 0. The molecular formula is C97H84F9N11O17. The van der Waals surface area contributed by atoms with Crippen molar-refractivity contribution in [2.24, 2.45) is 71.0 Å². The van der Waals surface area contributed by atoms with Gasteiger partial charge in [-0.3, -0.25) is 52.7 Å². The molecule has 692 valence electrons. The number of hydrogen-bond donors (Lipinski definition) is 5. The molecule has 5 aromatic carbocycles. The fourth-order valence-corrected chi connectivity index (χ4v) is 25.0. The van der Waals surface area contributed by atoms with Crippen molar-refractivity contribution >= 4 is 47.3 Å². The number of amides is 7. The highest BCUT2D eigenvalue weighted by molar-refractivity contribution is 6.03. The van der Waals surface area contributed by atoms with Crippen LogP contribution in [-0.4, -0.2) is 150 Å². The highest BCUT2D eigenvalue weighted by Gasteiger charge is 2.71. The van der Waals surface area contributed by atoms with E-state index in [1.165, 1.54) is 40.3 Å². The van der Waals surface area contributed by atoms with E-state index in [1.807, 2.05) is 70.5 Å². The predicted molar refractivity (Wildman–Crippen MR) is 450 cm³/mol. The summed E-state index contributed by atoms with van der Waals surface area (Å²) in [7, 11) is 0. The highest BCUT2D eigenvalue weighted by atomic mass is 19.2. The largest absolute Gasteiger partial charge is 0.503 e. The van der Waals surface area contributed by atoms with Crippen molar-refractivity contribution in [1.82, 2.24) is 53.8 Å². The van der Waals surface area contributed by atoms with Gasteiger partial charge in [-0.2, -0.15) is 0 Å². The van der Waals surface area contributed by atoms with E-state index in [9.17, 15) is 107 Å². The molecule has 8 bridgehead atoms. The molecule has 12 fully saturated rings. The number of piperidine rings is 4. The Morgan fingerprint density at radius 1 is 0.336 bits per heavy atom. The molecule has 8 saturated carbocycles. The summed E-state index contributed by atoms with van der Waals surface area (Å²) in [6.07, 6.45) is 13.7. The molecule has 20 atom stereocenters. The van der Waals surface area contributed by atoms with E-state index < -0.39 is 152 Å². The van der Waals surface area contributed by atoms with Crippen molar-refractivity contribution in [1.29, 1.82) is 0 Å². The molecule has 37 heteroatoms. The smallest absolute Gasteiger partial charge is 0.343 e. The van der Waals surface area contributed by atoms with Gasteiger partial charge in [0.25, 0.3) is 41.4 Å². The van der Waals surface area contributed by atoms with Gasteiger partial charge in [-0.05, 0) is 159 Å². The normalized spacial score (nSPS) is 28.0. The molecule has 7 amide bonds. The Morgan fingerprint density at radius 2 is 0.604 bits per heavy atom. The summed E-state index contributed by atoms with van der Waals surface area (Å²) in [5.41, 5.74) is -3.64. The number of carbonyl (C=O) groups excluding carboxylic acids is 8. The van der Waals surface area contributed by atoms with E-state index in [0.29, 0.717) is 128 Å². The molecule has 25 rings (SSSR count). The SMILES string of the molecule is CCOC(=O)c1cn2c(c(OCc3ccccc3)c1=O)C(=O)N1C3CC([C@@H]4C[C@H]34)[C@@H]1C2.O=C(NCc1cc(F)c(F)cc1F)c1cn2c(c(O)c1=O)C(=O)N1C3CC([C@@H]4C[C@H]34)[C@@H]1C2.O=C(NCc1cc(F)c(F)cc1F)c1cn2c(c(O)c1=O)C(=O)N1C3CC([C@@H]4C[C@H]34)[C@@H]1C2.O=C(NCc1cc(F)c(F)cc1F)c1cn2c(c(OCc3ccccc3)c1=O)C(=O)N1C3CC([C@@H]4C[C@H]34)[C@@H]1C2. The number of halogens is 9. The van der Waals surface area contributed by atoms with Gasteiger partial charge in [-0.15, -0.1) is 0 Å². The number of aromatic nitrogens is 4. The Morgan fingerprint density at radius 3 is 0.918 bits per heavy atom. The lowest BCUT2D eigenvalue weighted by Crippen LogP contribution is -2.53. The van der Waals surface area contributed by atoms with Crippen LogP contribution in [0.15, 0.2) is 141 Å². The number of hydrogen-bond acceptors (Lipinski definition) is 17. The minimum absolute atomic E-state index is 0.00424. The molecule has 4 saturated heterocycles. The van der Waals surface area contributed by atoms with E-state index in [1.54, 1.807) is 25.9 Å². The number of pyridine rings is 4. The van der Waals surface area contributed by atoms with Crippen LogP contribution >= 0.6 is 0 Å². The third kappa shape index (κ3) is 13.9. The van der Waals surface area contributed by atoms with Crippen LogP contribution in [0.1, 0.15) is 169 Å². The zero-order chi connectivity index (χ0) is 93.2. The van der Waals surface area contributed by atoms with E-state index in [2.05, 4.69) is 16.0 Å². The number of benzene rings is 5. The van der Waals surface area contributed by atoms with Gasteiger partial charge >= 0.3 is 5.97 Å². The van der Waals surface area contributed by atoms with Gasteiger partial charge < -0.3 is 78.2 Å². The number of ether oxygens (including phenoxy) is 3. The zero-order valence-corrected chi connectivity index (χ0v) is 71.3. The van der Waals surface area contributed by atoms with Gasteiger partial charge in [0.2, 0.25) is 21.7 Å². The first-order valence-corrected chi connectivity index (χ1v) is 45.0. The maximum atomic E-state index is 14.1. The maximum absolute atomic E-state index is 14.1. The molecule has 0 spiro atoms. The molecule has 4 aromatic heterocycles. The van der Waals surface area contributed by atoms with E-state index in [0.717, 1.165) is 62.0 Å². The monoisotopic (exact) mass is 1850 g/mol. The summed E-state index contributed by atoms with van der Waals surface area (Å²) in [6, 6.07) is 22.5. The number of fused-ring (bicyclic) bond motifs is 36. The minimum Gasteiger partial charge on any atom is -0.503 e. The lowest BCUT2D eigenvalue weighted by atomic mass is 9.94. The number of esters is 1. The second kappa shape index (κ2) is 32.0. The van der Waals surface area contributed by atoms with E-state index in [-0.39, 0.29) is 142 Å². The first-order chi connectivity index (χ1) is 64.4. The molecular weight excluding hydrogens is 1760 g/mol. The van der Waals surface area contributed by atoms with Crippen LogP contribution in [0.2, 0.25) is 0 Å². The third-order valence-corrected chi connectivity index (χ3v) is 31.2. The van der Waals surface area contributed by atoms with Crippen LogP contribution < -0.4 is 47.1 Å². The number of carbonyl (C=O) groups is 8. The summed E-state index contributed by atoms with van der Waals surface area (Å²) in [6.45, 7) is 2.33. The first kappa shape index (κ1) is 85.7. The van der Waals surface area contributed by atoms with E-state index >= 15 is 0 Å². The average Bonchev–Trinajstić information content (AvgIpc) is 1.54. The Hall–Kier alpha value is -13.8. The van der Waals surface area contributed by atoms with Crippen LogP contribution in [0.25, 0.3) is 0 Å². The van der Waals surface area contributed by atoms with Crippen LogP contribution in [-0.2, 0) is 63.8 Å². The number of rotatable bonds is 17. The molecule has 28 nitrogen and oxygen atoms in total. The van der Waals surface area contributed by atoms with Crippen molar-refractivity contribution in [2.75, 3.05) is 6.61 Å². The maximum Gasteiger partial charge on any atom is 0.343 e. The van der Waals surface area contributed by atoms with Crippen molar-refractivity contribution in [2.45, 2.75) is 166 Å². The van der Waals surface area contributed by atoms with Crippen molar-refractivity contribution in [3.8, 4) is 23.0 Å². The molecule has 5 N–H and O–H groups in total. The van der Waals surface area contributed by atoms with Crippen molar-refractivity contribution in [3.05, 3.63) is 288 Å². The zero-order valence-electron chi connectivity index (χ0n) is 71.3. The average molecular weight is 1850 g/mol. The summed E-state index contributed by atoms with van der Waals surface area (Å²) in [5.74, 6) is -10.9. The second-order valence-corrected chi connectivity index (χ2v) is 38.0. The van der Waals surface area contributed by atoms with Crippen LogP contribution in [0, 0.1) is 123 Å². The number of aromatic hydroxyl groups is 2. The van der Waals surface area contributed by atoms with Crippen LogP contribution in [0.4, 0.5) is 39.5 Å². The molecule has 12 heterocycles. The highest BCUT2D eigenvalue weighted by Crippen LogP contribution is 2.68. The van der Waals surface area contributed by atoms with Gasteiger partial charge in [0.15, 0.2) is 80.7 Å². The molecule has 0 radical (unpaired) electrons. The Labute approximate surface area is 754 Å². The van der Waals surface area contributed by atoms with Crippen LogP contribution in [0.3, 0.4) is 0 Å². The van der Waals surface area contributed by atoms with Crippen molar-refractivity contribution < 1.29 is 102 Å². The first-order valence-electron chi connectivity index (χ1n) is 45.0. The van der Waals surface area contributed by atoms with Gasteiger partial charge in [0.1, 0.15) is 52.9 Å². The van der Waals surface area contributed by atoms with Crippen LogP contribution in [0.5, 0.6) is 23.0 Å². The van der Waals surface area contributed by atoms with Gasteiger partial charge in [-0.25, -0.2) is 44.3 Å². The quantitative estimate of drug-likeness (QED) is 0.0321. The lowest BCUT2D eigenvalue weighted by molar-refractivity contribution is 0.0449. The Bertz CT molecular complexity index is 6700. The van der Waals surface area contributed by atoms with Gasteiger partial charge in [-0.1, -0.05) is 60.7 Å². The fraction of sp³-hybridized carbons (Fsp3) is 0.402. The third-order valence-electron chi connectivity index (χ3n) is 31.2. The summed E-state index contributed by atoms with van der Waals surface area (Å²) < 4.78 is 145. The van der Waals surface area contributed by atoms with E-state index in [4.69, 9.17) is 14.2 Å². The molecule has 8 unspecified atom stereocenters. The molecule has 9 aromatic rings. The second-order valence-electron chi connectivity index (χ2n) is 38.0. The number of nitrogens with zero attached hydrogens (tertiary/aromatic N) is 8. The minimum atomic E-state index is -1.35. The Balaban J connectivity index is 0.000000104. The summed E-state index contributed by atoms with van der Waals surface area (Å²) in [5, 5.41) is 28.0. The summed E-state index contributed by atoms with van der Waals surface area (Å²) in [4.78, 5) is 164. The fourth-order valence-electron chi connectivity index (χ4n) is 25.0. The van der Waals surface area contributed by atoms with Crippen molar-refractivity contribution in [3.63, 3.8) is 0 Å². The van der Waals surface area contributed by atoms with Gasteiger partial charge in [0, 0.05) is 130 Å². The molecule has 134 heavy (non-hydrogen) atoms. The topological polar surface area (TPSA) is 342 Å². The molecule has 16 aliphatic rings.